The molecule has 2 heteroatoms. The average Bonchev–Trinajstić information content (AvgIpc) is 2.02. The quantitative estimate of drug-likeness (QED) is 0.572. The van der Waals surface area contributed by atoms with E-state index in [9.17, 15) is 4.79 Å². The highest BCUT2D eigenvalue weighted by atomic mass is 16.5. The minimum absolute atomic E-state index is 0.135. The Morgan fingerprint density at radius 1 is 1.62 bits per heavy atom. The zero-order valence-electron chi connectivity index (χ0n) is 8.08. The molecular formula is C11H16O2. The molecule has 1 saturated carbocycles. The highest BCUT2D eigenvalue weighted by Crippen LogP contribution is 2.39. The van der Waals surface area contributed by atoms with Crippen LogP contribution in [0.3, 0.4) is 0 Å². The van der Waals surface area contributed by atoms with Gasteiger partial charge in [0.05, 0.1) is 12.7 Å². The molecule has 2 atom stereocenters. The van der Waals surface area contributed by atoms with Crippen LogP contribution in [-0.4, -0.2) is 11.4 Å². The summed E-state index contributed by atoms with van der Waals surface area (Å²) in [5.74, 6) is 0.924. The van der Waals surface area contributed by atoms with E-state index in [-0.39, 0.29) is 11.4 Å². The molecule has 0 aromatic rings. The lowest BCUT2D eigenvalue weighted by molar-refractivity contribution is -0.125. The summed E-state index contributed by atoms with van der Waals surface area (Å²) in [6, 6.07) is 0. The molecule has 0 amide bonds. The van der Waals surface area contributed by atoms with Crippen LogP contribution < -0.4 is 0 Å². The molecule has 2 aliphatic rings. The Hall–Kier alpha value is -0.790. The number of ketones is 1. The second-order valence-electron chi connectivity index (χ2n) is 4.45. The van der Waals surface area contributed by atoms with Gasteiger partial charge in [0.1, 0.15) is 5.60 Å². The number of ether oxygens (including phenoxy) is 1. The van der Waals surface area contributed by atoms with Crippen LogP contribution in [0.15, 0.2) is 12.3 Å². The Morgan fingerprint density at radius 3 is 3.15 bits per heavy atom. The van der Waals surface area contributed by atoms with E-state index in [1.807, 2.05) is 0 Å². The second-order valence-corrected chi connectivity index (χ2v) is 4.45. The van der Waals surface area contributed by atoms with Crippen molar-refractivity contribution in [3.05, 3.63) is 12.3 Å². The third-order valence-corrected chi connectivity index (χ3v) is 3.12. The first-order valence-electron chi connectivity index (χ1n) is 5.07. The Morgan fingerprint density at radius 2 is 2.46 bits per heavy atom. The summed E-state index contributed by atoms with van der Waals surface area (Å²) in [5.41, 5.74) is -0.135. The summed E-state index contributed by atoms with van der Waals surface area (Å²) in [7, 11) is 0. The summed E-state index contributed by atoms with van der Waals surface area (Å²) in [4.78, 5) is 11.3. The average molecular weight is 180 g/mol. The zero-order chi connectivity index (χ0) is 9.31. The molecule has 0 saturated heterocycles. The largest absolute Gasteiger partial charge is 0.494 e. The van der Waals surface area contributed by atoms with Gasteiger partial charge in [-0.3, -0.25) is 4.79 Å². The molecular weight excluding hydrogens is 164 g/mol. The van der Waals surface area contributed by atoms with Crippen molar-refractivity contribution in [2.45, 2.75) is 44.6 Å². The second kappa shape index (κ2) is 3.17. The Balaban J connectivity index is 2.11. The van der Waals surface area contributed by atoms with Crippen LogP contribution in [0.2, 0.25) is 0 Å². The molecule has 2 rings (SSSR count). The van der Waals surface area contributed by atoms with Gasteiger partial charge in [0, 0.05) is 6.08 Å². The number of hydrogen-bond donors (Lipinski definition) is 0. The monoisotopic (exact) mass is 180 g/mol. The molecule has 72 valence electrons. The standard InChI is InChI=1S/C11H16O2/c1-9-3-2-5-11(7-9)8-10(12)4-6-13-11/h4,6,9H,2-3,5,7-8H2,1H3. The molecule has 1 heterocycles. The van der Waals surface area contributed by atoms with E-state index in [4.69, 9.17) is 4.74 Å². The maximum Gasteiger partial charge on any atom is 0.162 e. The van der Waals surface area contributed by atoms with Crippen LogP contribution >= 0.6 is 0 Å². The van der Waals surface area contributed by atoms with Crippen LogP contribution in [0, 0.1) is 5.92 Å². The maximum atomic E-state index is 11.3. The van der Waals surface area contributed by atoms with E-state index < -0.39 is 0 Å². The lowest BCUT2D eigenvalue weighted by Gasteiger charge is -2.40. The van der Waals surface area contributed by atoms with Crippen molar-refractivity contribution in [2.24, 2.45) is 5.92 Å². The van der Waals surface area contributed by atoms with Crippen LogP contribution in [0.1, 0.15) is 39.0 Å². The predicted octanol–water partition coefficient (Wildman–Crippen LogP) is 2.44. The molecule has 1 aliphatic heterocycles. The van der Waals surface area contributed by atoms with Crippen molar-refractivity contribution in [1.82, 2.24) is 0 Å². The summed E-state index contributed by atoms with van der Waals surface area (Å²) < 4.78 is 5.65. The predicted molar refractivity (Wildman–Crippen MR) is 50.2 cm³/mol. The molecule has 0 aromatic carbocycles. The zero-order valence-corrected chi connectivity index (χ0v) is 8.08. The molecule has 1 spiro atoms. The molecule has 13 heavy (non-hydrogen) atoms. The van der Waals surface area contributed by atoms with Gasteiger partial charge in [-0.05, 0) is 25.2 Å². The summed E-state index contributed by atoms with van der Waals surface area (Å²) in [6.45, 7) is 2.24. The summed E-state index contributed by atoms with van der Waals surface area (Å²) >= 11 is 0. The highest BCUT2D eigenvalue weighted by Gasteiger charge is 2.39. The molecule has 0 radical (unpaired) electrons. The van der Waals surface area contributed by atoms with E-state index in [1.54, 1.807) is 12.3 Å². The van der Waals surface area contributed by atoms with Gasteiger partial charge in [-0.2, -0.15) is 0 Å². The minimum Gasteiger partial charge on any atom is -0.494 e. The number of carbonyl (C=O) groups excluding carboxylic acids is 1. The molecule has 2 nitrogen and oxygen atoms in total. The molecule has 1 aliphatic carbocycles. The first-order valence-corrected chi connectivity index (χ1v) is 5.07. The fraction of sp³-hybridized carbons (Fsp3) is 0.727. The number of rotatable bonds is 0. The Labute approximate surface area is 79.0 Å². The van der Waals surface area contributed by atoms with Crippen LogP contribution in [0.25, 0.3) is 0 Å². The van der Waals surface area contributed by atoms with Gasteiger partial charge in [0.2, 0.25) is 0 Å². The van der Waals surface area contributed by atoms with Crippen molar-refractivity contribution in [2.75, 3.05) is 0 Å². The topological polar surface area (TPSA) is 26.3 Å². The van der Waals surface area contributed by atoms with E-state index in [0.717, 1.165) is 12.8 Å². The third-order valence-electron chi connectivity index (χ3n) is 3.12. The smallest absolute Gasteiger partial charge is 0.162 e. The molecule has 0 aromatic heterocycles. The van der Waals surface area contributed by atoms with Crippen LogP contribution in [0.4, 0.5) is 0 Å². The third kappa shape index (κ3) is 1.77. The first kappa shape index (κ1) is 8.79. The lowest BCUT2D eigenvalue weighted by atomic mass is 9.75. The molecule has 1 fully saturated rings. The van der Waals surface area contributed by atoms with Crippen LogP contribution in [0.5, 0.6) is 0 Å². The normalized spacial score (nSPS) is 39.2. The van der Waals surface area contributed by atoms with Crippen molar-refractivity contribution in [1.29, 1.82) is 0 Å². The lowest BCUT2D eigenvalue weighted by Crippen LogP contribution is -2.40. The van der Waals surface area contributed by atoms with E-state index in [2.05, 4.69) is 6.92 Å². The number of hydrogen-bond acceptors (Lipinski definition) is 2. The molecule has 2 unspecified atom stereocenters. The Kier molecular flexibility index (Phi) is 2.14. The van der Waals surface area contributed by atoms with E-state index >= 15 is 0 Å². The van der Waals surface area contributed by atoms with Gasteiger partial charge in [-0.1, -0.05) is 13.3 Å². The fourth-order valence-electron chi connectivity index (χ4n) is 2.55. The molecule has 0 N–H and O–H groups in total. The summed E-state index contributed by atoms with van der Waals surface area (Å²) in [6.07, 6.45) is 8.30. The van der Waals surface area contributed by atoms with Gasteiger partial charge in [0.15, 0.2) is 5.78 Å². The number of allylic oxidation sites excluding steroid dienone is 1. The Bertz CT molecular complexity index is 244. The SMILES string of the molecule is CC1CCCC2(CC(=O)C=CO2)C1. The van der Waals surface area contributed by atoms with Gasteiger partial charge >= 0.3 is 0 Å². The van der Waals surface area contributed by atoms with Crippen molar-refractivity contribution < 1.29 is 9.53 Å². The van der Waals surface area contributed by atoms with Gasteiger partial charge in [-0.25, -0.2) is 0 Å². The van der Waals surface area contributed by atoms with E-state index in [0.29, 0.717) is 12.3 Å². The van der Waals surface area contributed by atoms with Crippen molar-refractivity contribution >= 4 is 5.78 Å². The minimum atomic E-state index is -0.135. The van der Waals surface area contributed by atoms with Gasteiger partial charge < -0.3 is 4.74 Å². The summed E-state index contributed by atoms with van der Waals surface area (Å²) in [5, 5.41) is 0. The van der Waals surface area contributed by atoms with Crippen molar-refractivity contribution in [3.63, 3.8) is 0 Å². The van der Waals surface area contributed by atoms with Crippen LogP contribution in [-0.2, 0) is 9.53 Å². The van der Waals surface area contributed by atoms with Gasteiger partial charge in [0.25, 0.3) is 0 Å². The fourth-order valence-corrected chi connectivity index (χ4v) is 2.55. The maximum absolute atomic E-state index is 11.3. The van der Waals surface area contributed by atoms with Gasteiger partial charge in [-0.15, -0.1) is 0 Å². The van der Waals surface area contributed by atoms with Crippen molar-refractivity contribution in [3.8, 4) is 0 Å². The highest BCUT2D eigenvalue weighted by molar-refractivity contribution is 5.90. The molecule has 0 bridgehead atoms. The first-order chi connectivity index (χ1) is 6.20. The number of carbonyl (C=O) groups is 1. The van der Waals surface area contributed by atoms with E-state index in [1.165, 1.54) is 12.8 Å².